The van der Waals surface area contributed by atoms with Crippen LogP contribution in [0.1, 0.15) is 12.1 Å². The Bertz CT molecular complexity index is 428. The molecule has 1 heterocycles. The van der Waals surface area contributed by atoms with Crippen LogP contribution >= 0.6 is 11.8 Å². The Labute approximate surface area is 105 Å². The molecule has 1 aromatic heterocycles. The number of nitriles is 1. The van der Waals surface area contributed by atoms with Crippen LogP contribution in [0.4, 0.5) is 0 Å². The van der Waals surface area contributed by atoms with Gasteiger partial charge >= 0.3 is 0 Å². The Morgan fingerprint density at radius 1 is 1.71 bits per heavy atom. The molecule has 0 saturated carbocycles. The molecule has 5 nitrogen and oxygen atoms in total. The highest BCUT2D eigenvalue weighted by atomic mass is 32.2. The van der Waals surface area contributed by atoms with E-state index in [0.717, 1.165) is 22.9 Å². The topological polar surface area (TPSA) is 84.3 Å². The number of ether oxygens (including phenoxy) is 1. The minimum absolute atomic E-state index is 0.374. The van der Waals surface area contributed by atoms with Crippen LogP contribution in [0.5, 0.6) is 5.75 Å². The van der Waals surface area contributed by atoms with E-state index in [1.807, 2.05) is 12.1 Å². The highest BCUT2D eigenvalue weighted by Gasteiger charge is 1.99. The molecule has 2 N–H and O–H groups in total. The van der Waals surface area contributed by atoms with Gasteiger partial charge in [-0.15, -0.1) is 0 Å². The highest BCUT2D eigenvalue weighted by Crippen LogP contribution is 2.15. The van der Waals surface area contributed by atoms with Crippen LogP contribution in [-0.4, -0.2) is 23.7 Å². The maximum absolute atomic E-state index is 8.28. The molecular weight excluding hydrogens is 236 g/mol. The first-order valence-electron chi connectivity index (χ1n) is 5.04. The van der Waals surface area contributed by atoms with Gasteiger partial charge in [0.25, 0.3) is 0 Å². The molecule has 0 aliphatic carbocycles. The zero-order valence-electron chi connectivity index (χ0n) is 9.59. The summed E-state index contributed by atoms with van der Waals surface area (Å²) in [6.07, 6.45) is 4.00. The van der Waals surface area contributed by atoms with Gasteiger partial charge in [-0.1, -0.05) is 0 Å². The molecule has 0 atom stereocenters. The van der Waals surface area contributed by atoms with Gasteiger partial charge in [0.2, 0.25) is 6.19 Å². The van der Waals surface area contributed by atoms with E-state index >= 15 is 0 Å². The lowest BCUT2D eigenvalue weighted by Gasteiger charge is -2.03. The third-order valence-electron chi connectivity index (χ3n) is 1.97. The lowest BCUT2D eigenvalue weighted by Crippen LogP contribution is -2.11. The molecule has 0 fully saturated rings. The predicted molar refractivity (Wildman–Crippen MR) is 68.8 cm³/mol. The number of aliphatic imine (C=N–C) groups is 1. The second-order valence-corrected chi connectivity index (χ2v) is 4.30. The molecule has 0 unspecified atom stereocenters. The molecule has 0 aromatic carbocycles. The van der Waals surface area contributed by atoms with Crippen molar-refractivity contribution < 1.29 is 4.74 Å². The first-order valence-corrected chi connectivity index (χ1v) is 6.19. The smallest absolute Gasteiger partial charge is 0.207 e. The predicted octanol–water partition coefficient (Wildman–Crippen LogP) is 1.55. The van der Waals surface area contributed by atoms with Crippen LogP contribution in [0.2, 0.25) is 0 Å². The number of pyridine rings is 1. The van der Waals surface area contributed by atoms with Gasteiger partial charge in [-0.2, -0.15) is 22.0 Å². The number of hydrogen-bond acceptors (Lipinski definition) is 5. The van der Waals surface area contributed by atoms with Gasteiger partial charge in [-0.3, -0.25) is 4.98 Å². The molecule has 90 valence electrons. The van der Waals surface area contributed by atoms with Crippen molar-refractivity contribution in [2.45, 2.75) is 12.2 Å². The van der Waals surface area contributed by atoms with Crippen LogP contribution in [-0.2, 0) is 5.75 Å². The monoisotopic (exact) mass is 250 g/mol. The Hall–Kier alpha value is -1.74. The van der Waals surface area contributed by atoms with Gasteiger partial charge in [-0.25, -0.2) is 0 Å². The van der Waals surface area contributed by atoms with E-state index < -0.39 is 0 Å². The van der Waals surface area contributed by atoms with Gasteiger partial charge in [0.1, 0.15) is 11.6 Å². The Morgan fingerprint density at radius 2 is 2.53 bits per heavy atom. The first-order chi connectivity index (χ1) is 8.26. The minimum atomic E-state index is 0.374. The Balaban J connectivity index is 2.31. The largest absolute Gasteiger partial charge is 0.497 e. The van der Waals surface area contributed by atoms with Crippen molar-refractivity contribution in [2.24, 2.45) is 10.7 Å². The summed E-state index contributed by atoms with van der Waals surface area (Å²) >= 11 is 1.69. The van der Waals surface area contributed by atoms with Crippen molar-refractivity contribution in [1.29, 1.82) is 5.26 Å². The summed E-state index contributed by atoms with van der Waals surface area (Å²) in [7, 11) is 1.63. The molecule has 0 radical (unpaired) electrons. The van der Waals surface area contributed by atoms with Crippen molar-refractivity contribution in [3.05, 3.63) is 24.0 Å². The molecule has 0 spiro atoms. The average molecular weight is 250 g/mol. The molecule has 1 rings (SSSR count). The van der Waals surface area contributed by atoms with Crippen molar-refractivity contribution in [3.63, 3.8) is 0 Å². The average Bonchev–Trinajstić information content (AvgIpc) is 2.35. The van der Waals surface area contributed by atoms with E-state index in [4.69, 9.17) is 15.7 Å². The van der Waals surface area contributed by atoms with E-state index in [1.165, 1.54) is 0 Å². The molecule has 6 heteroatoms. The van der Waals surface area contributed by atoms with Crippen LogP contribution in [0.25, 0.3) is 0 Å². The number of methoxy groups -OCH3 is 1. The van der Waals surface area contributed by atoms with E-state index in [-0.39, 0.29) is 0 Å². The van der Waals surface area contributed by atoms with Crippen molar-refractivity contribution in [2.75, 3.05) is 12.9 Å². The summed E-state index contributed by atoms with van der Waals surface area (Å²) in [6, 6.07) is 3.71. The summed E-state index contributed by atoms with van der Waals surface area (Å²) in [6.45, 7) is 0. The van der Waals surface area contributed by atoms with Gasteiger partial charge < -0.3 is 10.5 Å². The number of amidine groups is 1. The Morgan fingerprint density at radius 3 is 3.24 bits per heavy atom. The number of nitrogens with two attached hydrogens (primary N) is 1. The number of nitrogens with zero attached hydrogens (tertiary/aromatic N) is 3. The van der Waals surface area contributed by atoms with Gasteiger partial charge in [0.15, 0.2) is 0 Å². The lowest BCUT2D eigenvalue weighted by molar-refractivity contribution is 0.413. The maximum atomic E-state index is 8.28. The standard InChI is InChI=1S/C11H14N4OS/c1-16-10-2-4-14-9(6-10)7-17-5-3-11(13)15-8-12/h2,4,6H,3,5,7H2,1H3,(H2,13,15). The van der Waals surface area contributed by atoms with Crippen molar-refractivity contribution >= 4 is 17.6 Å². The molecule has 0 aliphatic rings. The minimum Gasteiger partial charge on any atom is -0.497 e. The number of aromatic nitrogens is 1. The normalized spacial score (nSPS) is 10.9. The second-order valence-electron chi connectivity index (χ2n) is 3.19. The van der Waals surface area contributed by atoms with Crippen molar-refractivity contribution in [3.8, 4) is 11.9 Å². The molecule has 0 amide bonds. The molecule has 0 aliphatic heterocycles. The van der Waals surface area contributed by atoms with E-state index in [2.05, 4.69) is 9.98 Å². The number of hydrogen-bond donors (Lipinski definition) is 1. The highest BCUT2D eigenvalue weighted by molar-refractivity contribution is 7.98. The van der Waals surface area contributed by atoms with E-state index in [0.29, 0.717) is 12.3 Å². The zero-order chi connectivity index (χ0) is 12.5. The Kier molecular flexibility index (Phi) is 5.89. The third-order valence-corrected chi connectivity index (χ3v) is 2.96. The summed E-state index contributed by atoms with van der Waals surface area (Å²) in [5.74, 6) is 2.78. The van der Waals surface area contributed by atoms with E-state index in [1.54, 1.807) is 31.3 Å². The fraction of sp³-hybridized carbons (Fsp3) is 0.364. The number of rotatable bonds is 6. The van der Waals surface area contributed by atoms with Crippen LogP contribution in [0, 0.1) is 11.5 Å². The number of thioether (sulfide) groups is 1. The van der Waals surface area contributed by atoms with E-state index in [9.17, 15) is 0 Å². The maximum Gasteiger partial charge on any atom is 0.207 e. The van der Waals surface area contributed by atoms with Crippen LogP contribution in [0.15, 0.2) is 23.3 Å². The third kappa shape index (κ3) is 5.22. The van der Waals surface area contributed by atoms with Gasteiger partial charge in [0.05, 0.1) is 12.8 Å². The summed E-state index contributed by atoms with van der Waals surface area (Å²) in [5.41, 5.74) is 6.45. The lowest BCUT2D eigenvalue weighted by atomic mass is 10.3. The molecule has 1 aromatic rings. The van der Waals surface area contributed by atoms with Gasteiger partial charge in [0, 0.05) is 30.2 Å². The van der Waals surface area contributed by atoms with Gasteiger partial charge in [-0.05, 0) is 6.07 Å². The SMILES string of the molecule is COc1ccnc(CSCCC(N)=NC#N)c1. The summed E-state index contributed by atoms with van der Waals surface area (Å²) < 4.78 is 5.11. The fourth-order valence-corrected chi connectivity index (χ4v) is 2.00. The summed E-state index contributed by atoms with van der Waals surface area (Å²) in [4.78, 5) is 7.67. The quantitative estimate of drug-likeness (QED) is 0.358. The first kappa shape index (κ1) is 13.3. The summed E-state index contributed by atoms with van der Waals surface area (Å²) in [5, 5.41) is 8.28. The molecule has 0 saturated heterocycles. The second kappa shape index (κ2) is 7.52. The fourth-order valence-electron chi connectivity index (χ4n) is 1.14. The van der Waals surface area contributed by atoms with Crippen molar-refractivity contribution in [1.82, 2.24) is 4.98 Å². The van der Waals surface area contributed by atoms with Crippen LogP contribution < -0.4 is 10.5 Å². The molecular formula is C11H14N4OS. The molecule has 0 bridgehead atoms. The van der Waals surface area contributed by atoms with Crippen LogP contribution in [0.3, 0.4) is 0 Å². The molecule has 17 heavy (non-hydrogen) atoms. The zero-order valence-corrected chi connectivity index (χ0v) is 10.4.